The van der Waals surface area contributed by atoms with Crippen molar-refractivity contribution in [1.29, 1.82) is 0 Å². The van der Waals surface area contributed by atoms with E-state index in [-0.39, 0.29) is 16.4 Å². The number of piperazine rings is 1. The first-order valence-electron chi connectivity index (χ1n) is 8.84. The Morgan fingerprint density at radius 3 is 2.39 bits per heavy atom. The summed E-state index contributed by atoms with van der Waals surface area (Å²) in [7, 11) is -3.67. The number of sulfonamides is 1. The van der Waals surface area contributed by atoms with Crippen LogP contribution in [0.3, 0.4) is 0 Å². The number of rotatable bonds is 6. The zero-order valence-corrected chi connectivity index (χ0v) is 16.3. The molecule has 8 nitrogen and oxygen atoms in total. The van der Waals surface area contributed by atoms with Crippen molar-refractivity contribution in [1.82, 2.24) is 9.21 Å². The molecule has 2 aromatic carbocycles. The summed E-state index contributed by atoms with van der Waals surface area (Å²) >= 11 is 0. The summed E-state index contributed by atoms with van der Waals surface area (Å²) in [6.45, 7) is 3.61. The standard InChI is InChI=1S/C19H21N3O5S/c1-15(23)17-5-3-7-19(13-17)28(26,27)21-10-8-20(9-11-21)14-16-4-2-6-18(12-16)22(24)25/h2-7,12-13H,8-11,14H2,1H3. The van der Waals surface area contributed by atoms with Crippen LogP contribution in [0.5, 0.6) is 0 Å². The highest BCUT2D eigenvalue weighted by Crippen LogP contribution is 2.21. The number of nitro groups is 1. The molecule has 0 aliphatic carbocycles. The third kappa shape index (κ3) is 4.44. The fourth-order valence-corrected chi connectivity index (χ4v) is 4.65. The Morgan fingerprint density at radius 2 is 1.75 bits per heavy atom. The van der Waals surface area contributed by atoms with Crippen LogP contribution in [0.4, 0.5) is 5.69 Å². The van der Waals surface area contributed by atoms with Gasteiger partial charge in [0.1, 0.15) is 0 Å². The van der Waals surface area contributed by atoms with Crippen LogP contribution in [0.1, 0.15) is 22.8 Å². The monoisotopic (exact) mass is 403 g/mol. The van der Waals surface area contributed by atoms with Gasteiger partial charge in [-0.25, -0.2) is 8.42 Å². The van der Waals surface area contributed by atoms with Crippen molar-refractivity contribution < 1.29 is 18.1 Å². The molecule has 0 unspecified atom stereocenters. The Labute approximate surface area is 163 Å². The first-order valence-corrected chi connectivity index (χ1v) is 10.3. The minimum absolute atomic E-state index is 0.0454. The van der Waals surface area contributed by atoms with E-state index in [0.29, 0.717) is 38.3 Å². The molecule has 148 valence electrons. The largest absolute Gasteiger partial charge is 0.296 e. The summed E-state index contributed by atoms with van der Waals surface area (Å²) in [5.41, 5.74) is 1.23. The van der Waals surface area contributed by atoms with E-state index in [1.807, 2.05) is 6.07 Å². The molecule has 0 amide bonds. The van der Waals surface area contributed by atoms with Gasteiger partial charge in [0.25, 0.3) is 5.69 Å². The molecule has 0 aromatic heterocycles. The highest BCUT2D eigenvalue weighted by atomic mass is 32.2. The molecule has 0 radical (unpaired) electrons. The van der Waals surface area contributed by atoms with Crippen molar-refractivity contribution >= 4 is 21.5 Å². The number of carbonyl (C=O) groups is 1. The van der Waals surface area contributed by atoms with E-state index < -0.39 is 14.9 Å². The Hall–Kier alpha value is -2.62. The average Bonchev–Trinajstić information content (AvgIpc) is 2.68. The van der Waals surface area contributed by atoms with Crippen LogP contribution in [-0.4, -0.2) is 54.5 Å². The van der Waals surface area contributed by atoms with Crippen LogP contribution in [0, 0.1) is 10.1 Å². The zero-order chi connectivity index (χ0) is 20.3. The summed E-state index contributed by atoms with van der Waals surface area (Å²) < 4.78 is 27.1. The van der Waals surface area contributed by atoms with Gasteiger partial charge >= 0.3 is 0 Å². The smallest absolute Gasteiger partial charge is 0.269 e. The normalized spacial score (nSPS) is 16.0. The molecule has 28 heavy (non-hydrogen) atoms. The van der Waals surface area contributed by atoms with Crippen LogP contribution in [0.2, 0.25) is 0 Å². The molecule has 2 aromatic rings. The molecule has 1 heterocycles. The van der Waals surface area contributed by atoms with Gasteiger partial charge in [-0.1, -0.05) is 24.3 Å². The second-order valence-corrected chi connectivity index (χ2v) is 8.63. The Bertz CT molecular complexity index is 998. The van der Waals surface area contributed by atoms with Gasteiger partial charge in [-0.3, -0.25) is 19.8 Å². The van der Waals surface area contributed by atoms with Gasteiger partial charge in [-0.2, -0.15) is 4.31 Å². The lowest BCUT2D eigenvalue weighted by atomic mass is 10.2. The SMILES string of the molecule is CC(=O)c1cccc(S(=O)(=O)N2CCN(Cc3cccc([N+](=O)[O-])c3)CC2)c1. The van der Waals surface area contributed by atoms with Gasteiger partial charge in [0, 0.05) is 50.4 Å². The average molecular weight is 403 g/mol. The van der Waals surface area contributed by atoms with Crippen LogP contribution in [0.15, 0.2) is 53.4 Å². The van der Waals surface area contributed by atoms with Crippen molar-refractivity contribution in [3.8, 4) is 0 Å². The fourth-order valence-electron chi connectivity index (χ4n) is 3.18. The Kier molecular flexibility index (Phi) is 5.87. The van der Waals surface area contributed by atoms with E-state index in [4.69, 9.17) is 0 Å². The maximum Gasteiger partial charge on any atom is 0.269 e. The predicted molar refractivity (Wildman–Crippen MR) is 104 cm³/mol. The molecule has 1 aliphatic heterocycles. The van der Waals surface area contributed by atoms with Gasteiger partial charge in [-0.05, 0) is 24.6 Å². The van der Waals surface area contributed by atoms with Gasteiger partial charge in [0.2, 0.25) is 10.0 Å². The van der Waals surface area contributed by atoms with Crippen LogP contribution < -0.4 is 0 Å². The van der Waals surface area contributed by atoms with Crippen molar-refractivity contribution in [2.75, 3.05) is 26.2 Å². The molecule has 9 heteroatoms. The van der Waals surface area contributed by atoms with Crippen LogP contribution in [0.25, 0.3) is 0 Å². The summed E-state index contributed by atoms with van der Waals surface area (Å²) in [6.07, 6.45) is 0. The number of non-ortho nitro benzene ring substituents is 1. The topological polar surface area (TPSA) is 101 Å². The third-order valence-electron chi connectivity index (χ3n) is 4.74. The molecular formula is C19H21N3O5S. The summed E-state index contributed by atoms with van der Waals surface area (Å²) in [4.78, 5) is 24.2. The first kappa shape index (κ1) is 20.1. The molecule has 0 spiro atoms. The van der Waals surface area contributed by atoms with E-state index in [2.05, 4.69) is 4.90 Å². The molecule has 0 N–H and O–H groups in total. The summed E-state index contributed by atoms with van der Waals surface area (Å²) in [5.74, 6) is -0.182. The quantitative estimate of drug-likeness (QED) is 0.417. The lowest BCUT2D eigenvalue weighted by Gasteiger charge is -2.34. The second kappa shape index (κ2) is 8.17. The van der Waals surface area contributed by atoms with Crippen molar-refractivity contribution in [2.24, 2.45) is 0 Å². The number of ketones is 1. The van der Waals surface area contributed by atoms with E-state index in [1.165, 1.54) is 35.5 Å². The number of nitro benzene ring substituents is 1. The van der Waals surface area contributed by atoms with E-state index in [9.17, 15) is 23.3 Å². The highest BCUT2D eigenvalue weighted by Gasteiger charge is 2.29. The van der Waals surface area contributed by atoms with Gasteiger partial charge < -0.3 is 0 Å². The number of hydrogen-bond acceptors (Lipinski definition) is 6. The Balaban J connectivity index is 1.66. The third-order valence-corrected chi connectivity index (χ3v) is 6.63. The van der Waals surface area contributed by atoms with Crippen molar-refractivity contribution in [3.05, 3.63) is 69.8 Å². The molecule has 1 aliphatic rings. The highest BCUT2D eigenvalue weighted by molar-refractivity contribution is 7.89. The van der Waals surface area contributed by atoms with Crippen molar-refractivity contribution in [3.63, 3.8) is 0 Å². The number of benzene rings is 2. The molecule has 1 saturated heterocycles. The van der Waals surface area contributed by atoms with E-state index in [0.717, 1.165) is 5.56 Å². The maximum atomic E-state index is 12.9. The van der Waals surface area contributed by atoms with Crippen LogP contribution in [-0.2, 0) is 16.6 Å². The summed E-state index contributed by atoms with van der Waals surface area (Å²) in [6, 6.07) is 12.5. The summed E-state index contributed by atoms with van der Waals surface area (Å²) in [5, 5.41) is 10.9. The predicted octanol–water partition coefficient (Wildman–Crippen LogP) is 2.30. The van der Waals surface area contributed by atoms with Crippen molar-refractivity contribution in [2.45, 2.75) is 18.4 Å². The number of hydrogen-bond donors (Lipinski definition) is 0. The molecule has 0 bridgehead atoms. The minimum atomic E-state index is -3.67. The second-order valence-electron chi connectivity index (χ2n) is 6.69. The Morgan fingerprint density at radius 1 is 1.07 bits per heavy atom. The van der Waals surface area contributed by atoms with Crippen LogP contribution >= 0.6 is 0 Å². The van der Waals surface area contributed by atoms with E-state index >= 15 is 0 Å². The zero-order valence-electron chi connectivity index (χ0n) is 15.4. The maximum absolute atomic E-state index is 12.9. The lowest BCUT2D eigenvalue weighted by Crippen LogP contribution is -2.48. The van der Waals surface area contributed by atoms with Gasteiger partial charge in [-0.15, -0.1) is 0 Å². The van der Waals surface area contributed by atoms with Gasteiger partial charge in [0.05, 0.1) is 9.82 Å². The molecule has 1 fully saturated rings. The molecular weight excluding hydrogens is 382 g/mol. The molecule has 0 atom stereocenters. The number of carbonyl (C=O) groups excluding carboxylic acids is 1. The van der Waals surface area contributed by atoms with E-state index in [1.54, 1.807) is 18.2 Å². The number of Topliss-reactive ketones (excluding diaryl/α,β-unsaturated/α-hetero) is 1. The molecule has 0 saturated carbocycles. The minimum Gasteiger partial charge on any atom is -0.296 e. The molecule has 3 rings (SSSR count). The first-order chi connectivity index (χ1) is 13.3. The van der Waals surface area contributed by atoms with Gasteiger partial charge in [0.15, 0.2) is 5.78 Å². The lowest BCUT2D eigenvalue weighted by molar-refractivity contribution is -0.384. The fraction of sp³-hybridized carbons (Fsp3) is 0.316. The number of nitrogens with zero attached hydrogens (tertiary/aromatic N) is 3.